The summed E-state index contributed by atoms with van der Waals surface area (Å²) in [6, 6.07) is 7.21. The van der Waals surface area contributed by atoms with Gasteiger partial charge in [0.1, 0.15) is 4.21 Å². The van der Waals surface area contributed by atoms with E-state index in [4.69, 9.17) is 11.6 Å². The topological polar surface area (TPSA) is 34.1 Å². The van der Waals surface area contributed by atoms with E-state index >= 15 is 0 Å². The maximum absolute atomic E-state index is 11.6. The molecule has 0 atom stereocenters. The molecule has 18 heavy (non-hydrogen) atoms. The predicted molar refractivity (Wildman–Crippen MR) is 81.7 cm³/mol. The highest BCUT2D eigenvalue weighted by molar-refractivity contribution is 7.93. The van der Waals surface area contributed by atoms with E-state index in [0.29, 0.717) is 8.55 Å². The van der Waals surface area contributed by atoms with Gasteiger partial charge in [-0.25, -0.2) is 8.42 Å². The number of sulfone groups is 1. The molecule has 0 saturated carbocycles. The van der Waals surface area contributed by atoms with Gasteiger partial charge in [-0.2, -0.15) is 0 Å². The van der Waals surface area contributed by atoms with Crippen LogP contribution in [0.5, 0.6) is 0 Å². The molecule has 2 nitrogen and oxygen atoms in total. The van der Waals surface area contributed by atoms with Crippen LogP contribution in [0.2, 0.25) is 4.34 Å². The van der Waals surface area contributed by atoms with Crippen LogP contribution in [0.4, 0.5) is 0 Å². The average molecular weight is 323 g/mol. The molecule has 0 amide bonds. The number of thiophene rings is 2. The molecule has 0 aliphatic heterocycles. The first-order chi connectivity index (χ1) is 8.53. The zero-order valence-electron chi connectivity index (χ0n) is 10.4. The van der Waals surface area contributed by atoms with E-state index in [1.165, 1.54) is 22.7 Å². The fourth-order valence-corrected chi connectivity index (χ4v) is 4.77. The largest absolute Gasteiger partial charge is 0.223 e. The van der Waals surface area contributed by atoms with Gasteiger partial charge in [-0.1, -0.05) is 32.4 Å². The summed E-state index contributed by atoms with van der Waals surface area (Å²) in [6.45, 7) is 5.65. The SMILES string of the molecule is CC.CCS(=O)(=O)c1ccc(-c2ccc(Cl)s2)s1. The first-order valence-corrected chi connectivity index (χ1v) is 9.27. The van der Waals surface area contributed by atoms with Crippen molar-refractivity contribution >= 4 is 44.1 Å². The van der Waals surface area contributed by atoms with Crippen LogP contribution in [0.25, 0.3) is 9.75 Å². The Balaban J connectivity index is 0.000000771. The van der Waals surface area contributed by atoms with Gasteiger partial charge in [-0.3, -0.25) is 0 Å². The molecule has 2 rings (SSSR count). The Bertz CT molecular complexity index is 596. The van der Waals surface area contributed by atoms with E-state index < -0.39 is 9.84 Å². The first-order valence-electron chi connectivity index (χ1n) is 5.61. The average Bonchev–Trinajstić information content (AvgIpc) is 3.00. The summed E-state index contributed by atoms with van der Waals surface area (Å²) < 4.78 is 24.4. The maximum Gasteiger partial charge on any atom is 0.187 e. The molecule has 2 heterocycles. The highest BCUT2D eigenvalue weighted by Crippen LogP contribution is 2.36. The first kappa shape index (κ1) is 15.7. The summed E-state index contributed by atoms with van der Waals surface area (Å²) in [7, 11) is -3.09. The van der Waals surface area contributed by atoms with Gasteiger partial charge < -0.3 is 0 Å². The van der Waals surface area contributed by atoms with Crippen molar-refractivity contribution in [3.8, 4) is 9.75 Å². The molecule has 0 radical (unpaired) electrons. The Morgan fingerprint density at radius 1 is 1.06 bits per heavy atom. The standard InChI is InChI=1S/C10H9ClO2S3.C2H6/c1-2-16(12,13)10-6-4-8(15-10)7-3-5-9(11)14-7;1-2/h3-6H,2H2,1H3;1-2H3. The van der Waals surface area contributed by atoms with Crippen molar-refractivity contribution in [3.05, 3.63) is 28.6 Å². The van der Waals surface area contributed by atoms with Gasteiger partial charge in [-0.05, 0) is 24.3 Å². The molecule has 2 aromatic rings. The van der Waals surface area contributed by atoms with Crippen LogP contribution in [-0.4, -0.2) is 14.2 Å². The molecule has 6 heteroatoms. The van der Waals surface area contributed by atoms with Gasteiger partial charge in [0.2, 0.25) is 0 Å². The second-order valence-corrected chi connectivity index (χ2v) is 8.43. The number of rotatable bonds is 3. The molecule has 0 N–H and O–H groups in total. The minimum atomic E-state index is -3.09. The van der Waals surface area contributed by atoms with E-state index in [1.807, 2.05) is 32.0 Å². The van der Waals surface area contributed by atoms with Crippen LogP contribution in [-0.2, 0) is 9.84 Å². The van der Waals surface area contributed by atoms with Gasteiger partial charge in [0.25, 0.3) is 0 Å². The Morgan fingerprint density at radius 3 is 2.11 bits per heavy atom. The highest BCUT2D eigenvalue weighted by atomic mass is 35.5. The van der Waals surface area contributed by atoms with E-state index in [0.717, 1.165) is 9.75 Å². The Hall–Kier alpha value is -0.360. The van der Waals surface area contributed by atoms with Gasteiger partial charge in [0.15, 0.2) is 9.84 Å². The fourth-order valence-electron chi connectivity index (χ4n) is 1.21. The Labute approximate surface area is 121 Å². The summed E-state index contributed by atoms with van der Waals surface area (Å²) >= 11 is 8.59. The van der Waals surface area contributed by atoms with Crippen LogP contribution >= 0.6 is 34.3 Å². The summed E-state index contributed by atoms with van der Waals surface area (Å²) in [6.07, 6.45) is 0. The summed E-state index contributed by atoms with van der Waals surface area (Å²) in [5, 5.41) is 0. The Kier molecular flexibility index (Phi) is 5.85. The number of hydrogen-bond acceptors (Lipinski definition) is 4. The summed E-state index contributed by atoms with van der Waals surface area (Å²) in [4.78, 5) is 1.96. The van der Waals surface area contributed by atoms with Crippen LogP contribution < -0.4 is 0 Å². The van der Waals surface area contributed by atoms with E-state index in [1.54, 1.807) is 13.0 Å². The maximum atomic E-state index is 11.6. The third-order valence-corrected chi connectivity index (χ3v) is 6.91. The van der Waals surface area contributed by atoms with Crippen molar-refractivity contribution in [1.82, 2.24) is 0 Å². The lowest BCUT2D eigenvalue weighted by atomic mass is 10.4. The lowest BCUT2D eigenvalue weighted by Gasteiger charge is -1.94. The van der Waals surface area contributed by atoms with E-state index in [-0.39, 0.29) is 5.75 Å². The fraction of sp³-hybridized carbons (Fsp3) is 0.333. The molecular weight excluding hydrogens is 308 g/mol. The minimum absolute atomic E-state index is 0.137. The van der Waals surface area contributed by atoms with E-state index in [2.05, 4.69) is 0 Å². The quantitative estimate of drug-likeness (QED) is 0.801. The normalized spacial score (nSPS) is 10.9. The monoisotopic (exact) mass is 322 g/mol. The third-order valence-electron chi connectivity index (χ3n) is 2.08. The number of hydrogen-bond donors (Lipinski definition) is 0. The molecule has 0 spiro atoms. The summed E-state index contributed by atoms with van der Waals surface area (Å²) in [5.74, 6) is 0.137. The number of halogens is 1. The van der Waals surface area contributed by atoms with Crippen molar-refractivity contribution in [1.29, 1.82) is 0 Å². The molecule has 0 bridgehead atoms. The molecule has 0 fully saturated rings. The van der Waals surface area contributed by atoms with Crippen LogP contribution in [0.15, 0.2) is 28.5 Å². The minimum Gasteiger partial charge on any atom is -0.223 e. The second kappa shape index (κ2) is 6.70. The van der Waals surface area contributed by atoms with Crippen LogP contribution in [0.1, 0.15) is 20.8 Å². The van der Waals surface area contributed by atoms with Crippen molar-refractivity contribution in [2.24, 2.45) is 0 Å². The van der Waals surface area contributed by atoms with Gasteiger partial charge in [0, 0.05) is 9.75 Å². The molecule has 0 aromatic carbocycles. The van der Waals surface area contributed by atoms with E-state index in [9.17, 15) is 8.42 Å². The lowest BCUT2D eigenvalue weighted by molar-refractivity contribution is 0.599. The molecule has 0 saturated heterocycles. The second-order valence-electron chi connectivity index (χ2n) is 3.13. The van der Waals surface area contributed by atoms with Crippen molar-refractivity contribution in [3.63, 3.8) is 0 Å². The molecule has 2 aromatic heterocycles. The van der Waals surface area contributed by atoms with Crippen molar-refractivity contribution in [2.75, 3.05) is 5.75 Å². The zero-order valence-corrected chi connectivity index (χ0v) is 13.6. The smallest absolute Gasteiger partial charge is 0.187 e. The molecule has 0 unspecified atom stereocenters. The summed E-state index contributed by atoms with van der Waals surface area (Å²) in [5.41, 5.74) is 0. The molecule has 100 valence electrons. The molecule has 0 aliphatic rings. The molecular formula is C12H15ClO2S3. The highest BCUT2D eigenvalue weighted by Gasteiger charge is 2.15. The molecule has 0 aliphatic carbocycles. The Morgan fingerprint density at radius 2 is 1.61 bits per heavy atom. The zero-order chi connectivity index (χ0) is 13.8. The van der Waals surface area contributed by atoms with Gasteiger partial charge in [0.05, 0.1) is 10.1 Å². The predicted octanol–water partition coefficient (Wildman–Crippen LogP) is 4.95. The van der Waals surface area contributed by atoms with Gasteiger partial charge >= 0.3 is 0 Å². The van der Waals surface area contributed by atoms with Gasteiger partial charge in [-0.15, -0.1) is 22.7 Å². The van der Waals surface area contributed by atoms with Crippen molar-refractivity contribution in [2.45, 2.75) is 25.0 Å². The van der Waals surface area contributed by atoms with Crippen LogP contribution in [0.3, 0.4) is 0 Å². The van der Waals surface area contributed by atoms with Crippen molar-refractivity contribution < 1.29 is 8.42 Å². The third kappa shape index (κ3) is 3.57. The lowest BCUT2D eigenvalue weighted by Crippen LogP contribution is -2.00. The van der Waals surface area contributed by atoms with Crippen LogP contribution in [0, 0.1) is 0 Å².